The van der Waals surface area contributed by atoms with Crippen molar-refractivity contribution in [3.8, 4) is 0 Å². The number of carbonyl (C=O) groups excluding carboxylic acids is 1. The molecular formula is C15H23N3O. The first kappa shape index (κ1) is 13.7. The average molecular weight is 261 g/mol. The van der Waals surface area contributed by atoms with Crippen LogP contribution in [-0.2, 0) is 4.79 Å². The van der Waals surface area contributed by atoms with E-state index in [2.05, 4.69) is 17.1 Å². The van der Waals surface area contributed by atoms with Crippen molar-refractivity contribution in [3.63, 3.8) is 0 Å². The number of hydrogen-bond acceptors (Lipinski definition) is 3. The van der Waals surface area contributed by atoms with Crippen LogP contribution in [0.4, 0.5) is 11.4 Å². The quantitative estimate of drug-likeness (QED) is 0.817. The second kappa shape index (κ2) is 6.45. The van der Waals surface area contributed by atoms with Gasteiger partial charge in [-0.25, -0.2) is 0 Å². The Balaban J connectivity index is 2.25. The Morgan fingerprint density at radius 3 is 3.00 bits per heavy atom. The lowest BCUT2D eigenvalue weighted by atomic mass is 10.1. The van der Waals surface area contributed by atoms with E-state index in [1.54, 1.807) is 0 Å². The molecule has 3 N–H and O–H groups in total. The monoisotopic (exact) mass is 261 g/mol. The minimum atomic E-state index is -0.0655. The van der Waals surface area contributed by atoms with Crippen LogP contribution in [-0.4, -0.2) is 25.0 Å². The largest absolute Gasteiger partial charge is 0.399 e. The number of nitrogens with zero attached hydrogens (tertiary/aromatic N) is 1. The van der Waals surface area contributed by atoms with Crippen molar-refractivity contribution in [1.29, 1.82) is 0 Å². The Morgan fingerprint density at radius 1 is 1.42 bits per heavy atom. The summed E-state index contributed by atoms with van der Waals surface area (Å²) >= 11 is 0. The number of nitrogen functional groups attached to an aromatic ring is 1. The van der Waals surface area contributed by atoms with Crippen LogP contribution in [0, 0.1) is 0 Å². The van der Waals surface area contributed by atoms with Crippen LogP contribution in [0.3, 0.4) is 0 Å². The Bertz CT molecular complexity index is 433. The van der Waals surface area contributed by atoms with Crippen molar-refractivity contribution < 1.29 is 4.79 Å². The van der Waals surface area contributed by atoms with Crippen molar-refractivity contribution in [1.82, 2.24) is 5.32 Å². The Labute approximate surface area is 115 Å². The standard InChI is InChI=1S/C15H23N3O/c1-2-10-18(13-7-5-6-12(16)11-13)14-8-3-4-9-17-15(14)19/h5-7,11,14H,2-4,8-10,16H2,1H3,(H,17,19). The molecule has 1 aromatic rings. The van der Waals surface area contributed by atoms with Gasteiger partial charge in [0.1, 0.15) is 6.04 Å². The van der Waals surface area contributed by atoms with E-state index in [4.69, 9.17) is 5.73 Å². The van der Waals surface area contributed by atoms with Crippen molar-refractivity contribution >= 4 is 17.3 Å². The minimum absolute atomic E-state index is 0.0655. The summed E-state index contributed by atoms with van der Waals surface area (Å²) in [5.74, 6) is 0.147. The molecule has 1 aliphatic rings. The maximum absolute atomic E-state index is 12.2. The summed E-state index contributed by atoms with van der Waals surface area (Å²) in [6, 6.07) is 7.74. The number of nitrogens with two attached hydrogens (primary N) is 1. The molecule has 0 bridgehead atoms. The van der Waals surface area contributed by atoms with Crippen LogP contribution in [0.2, 0.25) is 0 Å². The van der Waals surface area contributed by atoms with Gasteiger partial charge in [-0.3, -0.25) is 4.79 Å². The summed E-state index contributed by atoms with van der Waals surface area (Å²) in [6.45, 7) is 3.81. The normalized spacial score (nSPS) is 19.6. The Kier molecular flexibility index (Phi) is 4.66. The maximum Gasteiger partial charge on any atom is 0.242 e. The third kappa shape index (κ3) is 3.40. The highest BCUT2D eigenvalue weighted by molar-refractivity contribution is 5.85. The Morgan fingerprint density at radius 2 is 2.26 bits per heavy atom. The van der Waals surface area contributed by atoms with Crippen LogP contribution >= 0.6 is 0 Å². The first-order valence-corrected chi connectivity index (χ1v) is 7.12. The van der Waals surface area contributed by atoms with Gasteiger partial charge in [-0.2, -0.15) is 0 Å². The number of benzene rings is 1. The van der Waals surface area contributed by atoms with Crippen molar-refractivity contribution in [3.05, 3.63) is 24.3 Å². The molecule has 1 aromatic carbocycles. The molecule has 0 spiro atoms. The molecule has 0 aliphatic carbocycles. The van der Waals surface area contributed by atoms with E-state index >= 15 is 0 Å². The number of amides is 1. The molecule has 19 heavy (non-hydrogen) atoms. The fourth-order valence-electron chi connectivity index (χ4n) is 2.63. The van der Waals surface area contributed by atoms with E-state index in [1.165, 1.54) is 0 Å². The Hall–Kier alpha value is -1.71. The van der Waals surface area contributed by atoms with Crippen molar-refractivity contribution in [2.24, 2.45) is 0 Å². The number of hydrogen-bond donors (Lipinski definition) is 2. The van der Waals surface area contributed by atoms with Crippen LogP contribution in [0.5, 0.6) is 0 Å². The highest BCUT2D eigenvalue weighted by atomic mass is 16.2. The molecule has 4 heteroatoms. The molecule has 4 nitrogen and oxygen atoms in total. The molecule has 0 aromatic heterocycles. The predicted molar refractivity (Wildman–Crippen MR) is 79.1 cm³/mol. The molecular weight excluding hydrogens is 238 g/mol. The zero-order valence-corrected chi connectivity index (χ0v) is 11.6. The second-order valence-corrected chi connectivity index (χ2v) is 5.09. The van der Waals surface area contributed by atoms with Crippen LogP contribution < -0.4 is 16.0 Å². The van der Waals surface area contributed by atoms with Crippen LogP contribution in [0.15, 0.2) is 24.3 Å². The number of nitrogens with one attached hydrogen (secondary N) is 1. The summed E-state index contributed by atoms with van der Waals surface area (Å²) < 4.78 is 0. The van der Waals surface area contributed by atoms with E-state index in [0.717, 1.165) is 50.1 Å². The highest BCUT2D eigenvalue weighted by Gasteiger charge is 2.26. The summed E-state index contributed by atoms with van der Waals surface area (Å²) in [4.78, 5) is 14.4. The molecule has 1 aliphatic heterocycles. The van der Waals surface area contributed by atoms with E-state index < -0.39 is 0 Å². The van der Waals surface area contributed by atoms with Gasteiger partial charge in [0.25, 0.3) is 0 Å². The third-order valence-electron chi connectivity index (χ3n) is 3.55. The fraction of sp³-hybridized carbons (Fsp3) is 0.533. The van der Waals surface area contributed by atoms with Gasteiger partial charge in [0.2, 0.25) is 5.91 Å². The molecule has 0 saturated carbocycles. The maximum atomic E-state index is 12.2. The van der Waals surface area contributed by atoms with Crippen molar-refractivity contribution in [2.75, 3.05) is 23.7 Å². The predicted octanol–water partition coefficient (Wildman–Crippen LogP) is 2.15. The van der Waals surface area contributed by atoms with Gasteiger partial charge in [0.15, 0.2) is 0 Å². The highest BCUT2D eigenvalue weighted by Crippen LogP contribution is 2.23. The fourth-order valence-corrected chi connectivity index (χ4v) is 2.63. The number of anilines is 2. The lowest BCUT2D eigenvalue weighted by Crippen LogP contribution is -2.46. The summed E-state index contributed by atoms with van der Waals surface area (Å²) in [5, 5.41) is 3.01. The first-order chi connectivity index (χ1) is 9.22. The van der Waals surface area contributed by atoms with Gasteiger partial charge < -0.3 is 16.0 Å². The van der Waals surface area contributed by atoms with Gasteiger partial charge in [-0.15, -0.1) is 0 Å². The smallest absolute Gasteiger partial charge is 0.242 e. The van der Waals surface area contributed by atoms with Crippen molar-refractivity contribution in [2.45, 2.75) is 38.6 Å². The molecule has 0 radical (unpaired) electrons. The molecule has 1 atom stereocenters. The molecule has 2 rings (SSSR count). The first-order valence-electron chi connectivity index (χ1n) is 7.12. The summed E-state index contributed by atoms with van der Waals surface area (Å²) in [7, 11) is 0. The molecule has 1 fully saturated rings. The summed E-state index contributed by atoms with van der Waals surface area (Å²) in [5.41, 5.74) is 7.65. The third-order valence-corrected chi connectivity index (χ3v) is 3.55. The zero-order chi connectivity index (χ0) is 13.7. The number of rotatable bonds is 4. The summed E-state index contributed by atoms with van der Waals surface area (Å²) in [6.07, 6.45) is 4.09. The molecule has 104 valence electrons. The van der Waals surface area contributed by atoms with Gasteiger partial charge in [-0.1, -0.05) is 13.0 Å². The second-order valence-electron chi connectivity index (χ2n) is 5.09. The van der Waals surface area contributed by atoms with E-state index in [-0.39, 0.29) is 11.9 Å². The van der Waals surface area contributed by atoms with Gasteiger partial charge in [0, 0.05) is 24.5 Å². The molecule has 1 saturated heterocycles. The number of carbonyl (C=O) groups is 1. The average Bonchev–Trinajstić information content (AvgIpc) is 2.61. The van der Waals surface area contributed by atoms with E-state index in [9.17, 15) is 4.79 Å². The topological polar surface area (TPSA) is 58.4 Å². The molecule has 1 heterocycles. The van der Waals surface area contributed by atoms with Gasteiger partial charge in [-0.05, 0) is 43.9 Å². The SMILES string of the molecule is CCCN(c1cccc(N)c1)C1CCCCNC1=O. The van der Waals surface area contributed by atoms with Crippen LogP contribution in [0.1, 0.15) is 32.6 Å². The van der Waals surface area contributed by atoms with E-state index in [0.29, 0.717) is 0 Å². The van der Waals surface area contributed by atoms with Gasteiger partial charge in [0.05, 0.1) is 0 Å². The van der Waals surface area contributed by atoms with E-state index in [1.807, 2.05) is 24.3 Å². The lowest BCUT2D eigenvalue weighted by molar-refractivity contribution is -0.122. The molecule has 1 unspecified atom stereocenters. The minimum Gasteiger partial charge on any atom is -0.399 e. The molecule has 1 amide bonds. The van der Waals surface area contributed by atoms with Gasteiger partial charge >= 0.3 is 0 Å². The lowest BCUT2D eigenvalue weighted by Gasteiger charge is -2.32. The zero-order valence-electron chi connectivity index (χ0n) is 11.6. The van der Waals surface area contributed by atoms with Crippen LogP contribution in [0.25, 0.3) is 0 Å².